The second-order valence-electron chi connectivity index (χ2n) is 6.84. The molecule has 0 unspecified atom stereocenters. The maximum Gasteiger partial charge on any atom is 0.347 e. The molecule has 1 aliphatic rings. The molecule has 1 fully saturated rings. The van der Waals surface area contributed by atoms with Crippen LogP contribution in [-0.4, -0.2) is 48.2 Å². The van der Waals surface area contributed by atoms with E-state index in [0.29, 0.717) is 13.1 Å². The summed E-state index contributed by atoms with van der Waals surface area (Å²) in [5.74, 6) is 0.964. The van der Waals surface area contributed by atoms with Gasteiger partial charge in [0, 0.05) is 31.4 Å². The molecule has 1 atom stereocenters. The Morgan fingerprint density at radius 3 is 2.63 bits per heavy atom. The lowest BCUT2D eigenvalue weighted by Crippen LogP contribution is -2.41. The summed E-state index contributed by atoms with van der Waals surface area (Å²) in [5.41, 5.74) is 0.571. The molecule has 0 aliphatic carbocycles. The number of hydrogen-bond acceptors (Lipinski definition) is 4. The number of aromatic nitrogens is 5. The van der Waals surface area contributed by atoms with Crippen molar-refractivity contribution in [2.75, 3.05) is 13.1 Å². The molecule has 1 saturated heterocycles. The molecule has 0 bridgehead atoms. The zero-order chi connectivity index (χ0) is 18.8. The zero-order valence-corrected chi connectivity index (χ0v) is 15.2. The van der Waals surface area contributed by atoms with Crippen LogP contribution in [0.3, 0.4) is 0 Å². The maximum absolute atomic E-state index is 12.7. The third-order valence-electron chi connectivity index (χ3n) is 5.21. The number of likely N-dealkylation sites (tertiary alicyclic amines) is 1. The summed E-state index contributed by atoms with van der Waals surface area (Å²) in [7, 11) is 0. The van der Waals surface area contributed by atoms with Crippen molar-refractivity contribution in [1.29, 1.82) is 0 Å². The van der Waals surface area contributed by atoms with Crippen LogP contribution < -0.4 is 5.69 Å². The Bertz CT molecular complexity index is 952. The third kappa shape index (κ3) is 3.30. The van der Waals surface area contributed by atoms with Crippen molar-refractivity contribution < 1.29 is 4.79 Å². The van der Waals surface area contributed by atoms with Gasteiger partial charge in [-0.3, -0.25) is 4.79 Å². The molecule has 4 rings (SSSR count). The summed E-state index contributed by atoms with van der Waals surface area (Å²) < 4.78 is 3.45. The van der Waals surface area contributed by atoms with E-state index in [2.05, 4.69) is 15.2 Å². The van der Waals surface area contributed by atoms with Crippen molar-refractivity contribution in [3.63, 3.8) is 0 Å². The number of amides is 1. The van der Waals surface area contributed by atoms with Crippen molar-refractivity contribution in [2.45, 2.75) is 31.7 Å². The molecule has 27 heavy (non-hydrogen) atoms. The quantitative estimate of drug-likeness (QED) is 0.761. The van der Waals surface area contributed by atoms with E-state index in [1.807, 2.05) is 46.7 Å². The number of para-hydroxylation sites is 1. The van der Waals surface area contributed by atoms with Gasteiger partial charge in [0.25, 0.3) is 0 Å². The van der Waals surface area contributed by atoms with Crippen molar-refractivity contribution >= 4 is 5.91 Å². The Hall–Kier alpha value is -3.16. The van der Waals surface area contributed by atoms with Gasteiger partial charge in [-0.2, -0.15) is 5.10 Å². The van der Waals surface area contributed by atoms with Gasteiger partial charge in [-0.25, -0.2) is 19.4 Å². The molecule has 1 N–H and O–H groups in total. The molecule has 3 aromatic rings. The number of rotatable bonds is 4. The summed E-state index contributed by atoms with van der Waals surface area (Å²) in [6.07, 6.45) is 6.70. The second kappa shape index (κ2) is 7.22. The van der Waals surface area contributed by atoms with E-state index in [1.54, 1.807) is 23.3 Å². The number of carbonyl (C=O) groups is 1. The average Bonchev–Trinajstić information content (AvgIpc) is 3.37. The Kier molecular flexibility index (Phi) is 4.62. The number of carbonyl (C=O) groups excluding carboxylic acids is 1. The van der Waals surface area contributed by atoms with Crippen LogP contribution in [0.1, 0.15) is 37.5 Å². The Morgan fingerprint density at radius 1 is 1.22 bits per heavy atom. The van der Waals surface area contributed by atoms with E-state index in [4.69, 9.17) is 0 Å². The van der Waals surface area contributed by atoms with E-state index in [1.165, 1.54) is 0 Å². The van der Waals surface area contributed by atoms with Gasteiger partial charge in [-0.05, 0) is 31.9 Å². The molecular weight excluding hydrogens is 344 g/mol. The van der Waals surface area contributed by atoms with E-state index < -0.39 is 0 Å². The van der Waals surface area contributed by atoms with Crippen LogP contribution in [0.25, 0.3) is 5.69 Å². The molecule has 0 spiro atoms. The molecule has 1 amide bonds. The van der Waals surface area contributed by atoms with Crippen molar-refractivity contribution in [3.05, 3.63) is 65.4 Å². The molecule has 0 radical (unpaired) electrons. The predicted molar refractivity (Wildman–Crippen MR) is 99.7 cm³/mol. The first-order valence-electron chi connectivity index (χ1n) is 9.14. The summed E-state index contributed by atoms with van der Waals surface area (Å²) in [5, 5.41) is 6.84. The second-order valence-corrected chi connectivity index (χ2v) is 6.84. The molecule has 8 heteroatoms. The minimum atomic E-state index is -0.267. The van der Waals surface area contributed by atoms with Gasteiger partial charge >= 0.3 is 5.69 Å². The molecule has 1 aliphatic heterocycles. The highest BCUT2D eigenvalue weighted by atomic mass is 16.2. The number of H-pyrrole nitrogens is 1. The highest BCUT2D eigenvalue weighted by molar-refractivity contribution is 5.80. The predicted octanol–water partition coefficient (Wildman–Crippen LogP) is 1.72. The van der Waals surface area contributed by atoms with Crippen LogP contribution in [0.2, 0.25) is 0 Å². The van der Waals surface area contributed by atoms with Gasteiger partial charge in [-0.15, -0.1) is 0 Å². The van der Waals surface area contributed by atoms with Crippen molar-refractivity contribution in [2.24, 2.45) is 0 Å². The minimum absolute atomic E-state index is 0.0916. The normalized spacial score (nSPS) is 16.4. The lowest BCUT2D eigenvalue weighted by molar-refractivity contribution is -0.135. The average molecular weight is 366 g/mol. The molecule has 140 valence electrons. The van der Waals surface area contributed by atoms with Crippen LogP contribution in [0.5, 0.6) is 0 Å². The van der Waals surface area contributed by atoms with E-state index >= 15 is 0 Å². The lowest BCUT2D eigenvalue weighted by Gasteiger charge is -2.33. The van der Waals surface area contributed by atoms with Crippen molar-refractivity contribution in [3.8, 4) is 5.69 Å². The summed E-state index contributed by atoms with van der Waals surface area (Å²) in [6, 6.07) is 9.24. The van der Waals surface area contributed by atoms with E-state index in [-0.39, 0.29) is 23.6 Å². The number of hydrogen-bond donors (Lipinski definition) is 1. The summed E-state index contributed by atoms with van der Waals surface area (Å²) in [4.78, 5) is 30.9. The fraction of sp³-hybridized carbons (Fsp3) is 0.368. The van der Waals surface area contributed by atoms with Crippen LogP contribution in [0.15, 0.2) is 53.8 Å². The summed E-state index contributed by atoms with van der Waals surface area (Å²) in [6.45, 7) is 3.19. The zero-order valence-electron chi connectivity index (χ0n) is 15.2. The Labute approximate surface area is 156 Å². The smallest absolute Gasteiger partial charge is 0.341 e. The molecule has 1 aromatic carbocycles. The van der Waals surface area contributed by atoms with Gasteiger partial charge in [0.15, 0.2) is 0 Å². The maximum atomic E-state index is 12.7. The standard InChI is InChI=1S/C19H22N6O2/c1-14(24-12-9-20-13-24)18(26)23-10-7-15(8-11-23)17-21-22-19(27)25(17)16-5-3-2-4-6-16/h2-6,9,12-15H,7-8,10-11H2,1H3,(H,22,27)/t14-/m1/s1. The fourth-order valence-electron chi connectivity index (χ4n) is 3.66. The number of aromatic amines is 1. The molecule has 8 nitrogen and oxygen atoms in total. The Morgan fingerprint density at radius 2 is 1.96 bits per heavy atom. The summed E-state index contributed by atoms with van der Waals surface area (Å²) >= 11 is 0. The van der Waals surface area contributed by atoms with Crippen molar-refractivity contribution in [1.82, 2.24) is 29.2 Å². The first-order chi connectivity index (χ1) is 13.1. The van der Waals surface area contributed by atoms with Gasteiger partial charge < -0.3 is 9.47 Å². The topological polar surface area (TPSA) is 88.8 Å². The van der Waals surface area contributed by atoms with Gasteiger partial charge in [-0.1, -0.05) is 18.2 Å². The highest BCUT2D eigenvalue weighted by Crippen LogP contribution is 2.28. The van der Waals surface area contributed by atoms with Crippen LogP contribution in [-0.2, 0) is 4.79 Å². The molecule has 0 saturated carbocycles. The van der Waals surface area contributed by atoms with E-state index in [9.17, 15) is 9.59 Å². The largest absolute Gasteiger partial charge is 0.347 e. The van der Waals surface area contributed by atoms with Gasteiger partial charge in [0.05, 0.1) is 12.0 Å². The number of imidazole rings is 1. The fourth-order valence-corrected chi connectivity index (χ4v) is 3.66. The number of piperidine rings is 1. The highest BCUT2D eigenvalue weighted by Gasteiger charge is 2.30. The number of nitrogens with one attached hydrogen (secondary N) is 1. The lowest BCUT2D eigenvalue weighted by atomic mass is 9.95. The molecular formula is C19H22N6O2. The first-order valence-corrected chi connectivity index (χ1v) is 9.14. The SMILES string of the molecule is C[C@H](C(=O)N1CCC(c2n[nH]c(=O)n2-c2ccccc2)CC1)n1ccnc1. The number of benzene rings is 1. The van der Waals surface area contributed by atoms with Crippen LogP contribution in [0.4, 0.5) is 0 Å². The monoisotopic (exact) mass is 366 g/mol. The molecule has 3 heterocycles. The number of nitrogens with zero attached hydrogens (tertiary/aromatic N) is 5. The van der Waals surface area contributed by atoms with E-state index in [0.717, 1.165) is 24.4 Å². The Balaban J connectivity index is 1.48. The van der Waals surface area contributed by atoms with Crippen LogP contribution in [0, 0.1) is 0 Å². The minimum Gasteiger partial charge on any atom is -0.341 e. The first kappa shape index (κ1) is 17.3. The van der Waals surface area contributed by atoms with Crippen LogP contribution >= 0.6 is 0 Å². The molecule has 2 aromatic heterocycles. The third-order valence-corrected chi connectivity index (χ3v) is 5.21. The van der Waals surface area contributed by atoms with Gasteiger partial charge in [0.1, 0.15) is 11.9 Å². The van der Waals surface area contributed by atoms with Gasteiger partial charge in [0.2, 0.25) is 5.91 Å².